The van der Waals surface area contributed by atoms with Crippen molar-refractivity contribution in [1.29, 1.82) is 0 Å². The summed E-state index contributed by atoms with van der Waals surface area (Å²) >= 11 is 10.1. The van der Waals surface area contributed by atoms with Crippen molar-refractivity contribution in [2.45, 2.75) is 26.3 Å². The van der Waals surface area contributed by atoms with Gasteiger partial charge in [0.2, 0.25) is 0 Å². The third kappa shape index (κ3) is 3.66. The van der Waals surface area contributed by atoms with Gasteiger partial charge in [-0.25, -0.2) is 4.98 Å². The van der Waals surface area contributed by atoms with Crippen LogP contribution in [-0.2, 0) is 6.42 Å². The average molecular weight is 408 g/mol. The molecule has 0 amide bonds. The maximum absolute atomic E-state index is 6.16. The summed E-state index contributed by atoms with van der Waals surface area (Å²) in [6.45, 7) is 4.12. The molecule has 0 spiro atoms. The highest BCUT2D eigenvalue weighted by molar-refractivity contribution is 14.1. The molecular weight excluding hydrogens is 393 g/mol. The number of nitrogens with two attached hydrogens (primary N) is 1. The summed E-state index contributed by atoms with van der Waals surface area (Å²) in [7, 11) is 0. The third-order valence-electron chi connectivity index (χ3n) is 3.00. The first-order valence-electron chi connectivity index (χ1n) is 5.85. The van der Waals surface area contributed by atoms with Crippen molar-refractivity contribution in [3.8, 4) is 0 Å². The fourth-order valence-corrected chi connectivity index (χ4v) is 3.31. The molecule has 0 fully saturated rings. The molecule has 2 rings (SSSR count). The van der Waals surface area contributed by atoms with Crippen LogP contribution in [0.5, 0.6) is 0 Å². The highest BCUT2D eigenvalue weighted by Crippen LogP contribution is 2.26. The molecule has 102 valence electrons. The average Bonchev–Trinajstić information content (AvgIpc) is 2.69. The zero-order valence-electron chi connectivity index (χ0n) is 10.7. The summed E-state index contributed by atoms with van der Waals surface area (Å²) in [5.74, 6) is 5.67. The Morgan fingerprint density at radius 2 is 2.21 bits per heavy atom. The van der Waals surface area contributed by atoms with Crippen molar-refractivity contribution in [1.82, 2.24) is 10.4 Å². The Morgan fingerprint density at radius 1 is 1.47 bits per heavy atom. The lowest BCUT2D eigenvalue weighted by Crippen LogP contribution is -2.29. The standard InChI is InChI=1S/C13H15ClIN3S/c1-7-8(2)19-13(17-7)6-12(18-16)9-3-4-11(15)10(14)5-9/h3-5,12,18H,6,16H2,1-2H3. The Balaban J connectivity index is 2.22. The molecule has 2 aromatic rings. The number of hydrazine groups is 1. The molecule has 3 N–H and O–H groups in total. The molecule has 0 aliphatic heterocycles. The van der Waals surface area contributed by atoms with Crippen LogP contribution in [0.3, 0.4) is 0 Å². The molecule has 0 aliphatic carbocycles. The number of nitrogens with zero attached hydrogens (tertiary/aromatic N) is 1. The Labute approximate surface area is 135 Å². The number of nitrogens with one attached hydrogen (secondary N) is 1. The van der Waals surface area contributed by atoms with E-state index in [1.165, 1.54) is 4.88 Å². The molecule has 1 heterocycles. The monoisotopic (exact) mass is 407 g/mol. The lowest BCUT2D eigenvalue weighted by atomic mass is 10.1. The van der Waals surface area contributed by atoms with Crippen molar-refractivity contribution >= 4 is 45.5 Å². The van der Waals surface area contributed by atoms with Crippen molar-refractivity contribution < 1.29 is 0 Å². The van der Waals surface area contributed by atoms with Crippen LogP contribution in [0.25, 0.3) is 0 Å². The lowest BCUT2D eigenvalue weighted by Gasteiger charge is -2.15. The fraction of sp³-hybridized carbons (Fsp3) is 0.308. The van der Waals surface area contributed by atoms with Gasteiger partial charge in [-0.15, -0.1) is 11.3 Å². The van der Waals surface area contributed by atoms with Crippen molar-refractivity contribution in [2.75, 3.05) is 0 Å². The van der Waals surface area contributed by atoms with Gasteiger partial charge in [-0.1, -0.05) is 17.7 Å². The third-order valence-corrected chi connectivity index (χ3v) is 5.67. The Hall–Kier alpha value is -0.210. The molecule has 1 aromatic heterocycles. The second kappa shape index (κ2) is 6.49. The number of aromatic nitrogens is 1. The summed E-state index contributed by atoms with van der Waals surface area (Å²) in [4.78, 5) is 5.81. The molecule has 1 aromatic carbocycles. The highest BCUT2D eigenvalue weighted by Gasteiger charge is 2.15. The van der Waals surface area contributed by atoms with E-state index in [1.807, 2.05) is 25.1 Å². The second-order valence-electron chi connectivity index (χ2n) is 4.35. The number of thiazole rings is 1. The van der Waals surface area contributed by atoms with E-state index in [0.29, 0.717) is 0 Å². The van der Waals surface area contributed by atoms with Crippen molar-refractivity contribution in [3.05, 3.63) is 47.9 Å². The van der Waals surface area contributed by atoms with E-state index >= 15 is 0 Å². The van der Waals surface area contributed by atoms with Gasteiger partial charge in [-0.3, -0.25) is 11.3 Å². The van der Waals surface area contributed by atoms with E-state index in [0.717, 1.165) is 31.3 Å². The highest BCUT2D eigenvalue weighted by atomic mass is 127. The van der Waals surface area contributed by atoms with E-state index in [-0.39, 0.29) is 6.04 Å². The number of hydrogen-bond acceptors (Lipinski definition) is 4. The number of hydrogen-bond donors (Lipinski definition) is 2. The van der Waals surface area contributed by atoms with Gasteiger partial charge in [-0.05, 0) is 54.1 Å². The van der Waals surface area contributed by atoms with Gasteiger partial charge >= 0.3 is 0 Å². The van der Waals surface area contributed by atoms with Crippen molar-refractivity contribution in [3.63, 3.8) is 0 Å². The first-order chi connectivity index (χ1) is 9.01. The minimum atomic E-state index is 0.0273. The van der Waals surface area contributed by atoms with Crippen LogP contribution >= 0.6 is 45.5 Å². The summed E-state index contributed by atoms with van der Waals surface area (Å²) in [5.41, 5.74) is 5.02. The molecular formula is C13H15ClIN3S. The zero-order chi connectivity index (χ0) is 14.0. The minimum absolute atomic E-state index is 0.0273. The zero-order valence-corrected chi connectivity index (χ0v) is 14.4. The van der Waals surface area contributed by atoms with E-state index in [1.54, 1.807) is 11.3 Å². The van der Waals surface area contributed by atoms with Gasteiger partial charge in [0.05, 0.1) is 21.8 Å². The molecule has 3 nitrogen and oxygen atoms in total. The molecule has 0 saturated heterocycles. The predicted molar refractivity (Wildman–Crippen MR) is 89.5 cm³/mol. The largest absolute Gasteiger partial charge is 0.271 e. The normalized spacial score (nSPS) is 12.7. The summed E-state index contributed by atoms with van der Waals surface area (Å²) in [5, 5.41) is 1.84. The number of aryl methyl sites for hydroxylation is 2. The fourth-order valence-electron chi connectivity index (χ4n) is 1.80. The second-order valence-corrected chi connectivity index (χ2v) is 7.20. The van der Waals surface area contributed by atoms with Crippen molar-refractivity contribution in [2.24, 2.45) is 5.84 Å². The molecule has 1 atom stereocenters. The van der Waals surface area contributed by atoms with Gasteiger partial charge < -0.3 is 0 Å². The van der Waals surface area contributed by atoms with Gasteiger partial charge in [0, 0.05) is 14.9 Å². The van der Waals surface area contributed by atoms with Gasteiger partial charge in [0.25, 0.3) is 0 Å². The summed E-state index contributed by atoms with van der Waals surface area (Å²) < 4.78 is 1.04. The molecule has 19 heavy (non-hydrogen) atoms. The molecule has 0 radical (unpaired) electrons. The Morgan fingerprint density at radius 3 is 2.74 bits per heavy atom. The number of rotatable bonds is 4. The topological polar surface area (TPSA) is 50.9 Å². The molecule has 0 bridgehead atoms. The smallest absolute Gasteiger partial charge is 0.0950 e. The minimum Gasteiger partial charge on any atom is -0.271 e. The van der Waals surface area contributed by atoms with Crippen LogP contribution < -0.4 is 11.3 Å². The molecule has 1 unspecified atom stereocenters. The van der Waals surface area contributed by atoms with Crippen LogP contribution in [0.1, 0.15) is 27.2 Å². The van der Waals surface area contributed by atoms with E-state index in [4.69, 9.17) is 17.4 Å². The van der Waals surface area contributed by atoms with Gasteiger partial charge in [0.1, 0.15) is 0 Å². The quantitative estimate of drug-likeness (QED) is 0.461. The molecule has 0 saturated carbocycles. The number of halogens is 2. The summed E-state index contributed by atoms with van der Waals surface area (Å²) in [6.07, 6.45) is 0.771. The first-order valence-corrected chi connectivity index (χ1v) is 8.12. The van der Waals surface area contributed by atoms with Crippen LogP contribution in [0.4, 0.5) is 0 Å². The van der Waals surface area contributed by atoms with Crippen LogP contribution in [-0.4, -0.2) is 4.98 Å². The van der Waals surface area contributed by atoms with E-state index in [2.05, 4.69) is 39.9 Å². The first kappa shape index (κ1) is 15.2. The van der Waals surface area contributed by atoms with E-state index in [9.17, 15) is 0 Å². The lowest BCUT2D eigenvalue weighted by molar-refractivity contribution is 0.550. The molecule has 6 heteroatoms. The van der Waals surface area contributed by atoms with Gasteiger partial charge in [0.15, 0.2) is 0 Å². The SMILES string of the molecule is Cc1nc(CC(NN)c2ccc(I)c(Cl)c2)sc1C. The predicted octanol–water partition coefficient (Wildman–Crippen LogP) is 3.77. The van der Waals surface area contributed by atoms with Crippen LogP contribution in [0.15, 0.2) is 18.2 Å². The number of benzene rings is 1. The van der Waals surface area contributed by atoms with Crippen LogP contribution in [0, 0.1) is 17.4 Å². The van der Waals surface area contributed by atoms with Crippen LogP contribution in [0.2, 0.25) is 5.02 Å². The Kier molecular flexibility index (Phi) is 5.19. The molecule has 0 aliphatic rings. The Bertz CT molecular complexity index is 566. The summed E-state index contributed by atoms with van der Waals surface area (Å²) in [6, 6.07) is 6.03. The van der Waals surface area contributed by atoms with Gasteiger partial charge in [-0.2, -0.15) is 0 Å². The maximum Gasteiger partial charge on any atom is 0.0950 e. The maximum atomic E-state index is 6.16. The van der Waals surface area contributed by atoms with E-state index < -0.39 is 0 Å².